The number of benzene rings is 1. The number of likely N-dealkylation sites (tertiary alicyclic amines) is 1. The predicted octanol–water partition coefficient (Wildman–Crippen LogP) is 5.68. The van der Waals surface area contributed by atoms with E-state index >= 15 is 0 Å². The van der Waals surface area contributed by atoms with E-state index in [1.54, 1.807) is 38.0 Å². The van der Waals surface area contributed by atoms with Gasteiger partial charge in [0.2, 0.25) is 11.8 Å². The number of nitrogens with zero attached hydrogens (tertiary/aromatic N) is 2. The number of aliphatic hydroxyl groups excluding tert-OH is 1. The number of hydrogen-bond donors (Lipinski definition) is 1. The van der Waals surface area contributed by atoms with Crippen molar-refractivity contribution in [2.45, 2.75) is 130 Å². The number of Topliss-reactive ketones (excluding diaryl/α,β-unsaturated/α-hetero) is 2. The van der Waals surface area contributed by atoms with Gasteiger partial charge in [0, 0.05) is 70.9 Å². The maximum absolute atomic E-state index is 14.2. The van der Waals surface area contributed by atoms with Crippen molar-refractivity contribution < 1.29 is 43.3 Å². The monoisotopic (exact) mass is 756 g/mol. The van der Waals surface area contributed by atoms with Crippen LogP contribution < -0.4 is 0 Å². The molecule has 1 aliphatic carbocycles. The molecule has 0 radical (unpaired) electrons. The molecule has 1 saturated heterocycles. The van der Waals surface area contributed by atoms with E-state index in [-0.39, 0.29) is 79.0 Å². The topological polar surface area (TPSA) is 140 Å². The fraction of sp³-hybridized carbons (Fsp3) is 0.744. The third kappa shape index (κ3) is 11.4. The molecule has 2 amide bonds. The number of likely N-dealkylation sites (N-methyl/N-ethyl adjacent to an activating group) is 1. The van der Waals surface area contributed by atoms with Gasteiger partial charge in [0.1, 0.15) is 11.6 Å². The van der Waals surface area contributed by atoms with Gasteiger partial charge in [0.05, 0.1) is 43.7 Å². The van der Waals surface area contributed by atoms with Gasteiger partial charge in [-0.25, -0.2) is 0 Å². The summed E-state index contributed by atoms with van der Waals surface area (Å²) in [7, 11) is 6.20. The molecule has 1 aromatic rings. The molecule has 1 heterocycles. The molecule has 11 heteroatoms. The number of amides is 2. The molecule has 3 rings (SSSR count). The number of ketones is 2. The average molecular weight is 757 g/mol. The van der Waals surface area contributed by atoms with E-state index < -0.39 is 42.0 Å². The highest BCUT2D eigenvalue weighted by molar-refractivity contribution is 5.88. The van der Waals surface area contributed by atoms with Crippen molar-refractivity contribution in [1.82, 2.24) is 9.80 Å². The van der Waals surface area contributed by atoms with Crippen LogP contribution >= 0.6 is 0 Å². The summed E-state index contributed by atoms with van der Waals surface area (Å²) in [6.45, 7) is 10.3. The Balaban J connectivity index is 1.75. The van der Waals surface area contributed by atoms with E-state index in [9.17, 15) is 29.1 Å². The Morgan fingerprint density at radius 3 is 2.13 bits per heavy atom. The van der Waals surface area contributed by atoms with Gasteiger partial charge >= 0.3 is 5.97 Å². The average Bonchev–Trinajstić information content (AvgIpc) is 3.64. The van der Waals surface area contributed by atoms with E-state index in [4.69, 9.17) is 14.2 Å². The molecule has 0 aromatic heterocycles. The van der Waals surface area contributed by atoms with Crippen LogP contribution in [-0.2, 0) is 44.6 Å². The van der Waals surface area contributed by atoms with Crippen LogP contribution in [0.3, 0.4) is 0 Å². The number of carbonyl (C=O) groups is 5. The van der Waals surface area contributed by atoms with Gasteiger partial charge in [-0.15, -0.1) is 0 Å². The molecule has 11 nitrogen and oxygen atoms in total. The highest BCUT2D eigenvalue weighted by atomic mass is 16.5. The summed E-state index contributed by atoms with van der Waals surface area (Å²) in [6, 6.07) is 8.76. The highest BCUT2D eigenvalue weighted by Crippen LogP contribution is 2.44. The Kier molecular flexibility index (Phi) is 17.8. The van der Waals surface area contributed by atoms with Gasteiger partial charge in [-0.3, -0.25) is 24.0 Å². The molecule has 54 heavy (non-hydrogen) atoms. The van der Waals surface area contributed by atoms with E-state index in [1.807, 2.05) is 58.0 Å². The minimum absolute atomic E-state index is 0.000234. The Hall–Kier alpha value is -3.15. The summed E-state index contributed by atoms with van der Waals surface area (Å²) in [5.74, 6) is -2.70. The van der Waals surface area contributed by atoms with Crippen LogP contribution in [0.5, 0.6) is 0 Å². The Morgan fingerprint density at radius 1 is 0.944 bits per heavy atom. The zero-order valence-electron chi connectivity index (χ0n) is 34.4. The van der Waals surface area contributed by atoms with Gasteiger partial charge in [-0.1, -0.05) is 77.8 Å². The van der Waals surface area contributed by atoms with Crippen molar-refractivity contribution in [2.75, 3.05) is 41.5 Å². The van der Waals surface area contributed by atoms with Crippen molar-refractivity contribution >= 4 is 29.4 Å². The zero-order chi connectivity index (χ0) is 40.2. The Labute approximate surface area is 323 Å². The normalized spacial score (nSPS) is 20.6. The first kappa shape index (κ1) is 45.2. The lowest BCUT2D eigenvalue weighted by Crippen LogP contribution is -2.54. The minimum Gasteiger partial charge on any atom is -0.469 e. The number of methoxy groups -OCH3 is 3. The summed E-state index contributed by atoms with van der Waals surface area (Å²) in [4.78, 5) is 71.7. The summed E-state index contributed by atoms with van der Waals surface area (Å²) in [5, 5.41) is 9.93. The molecule has 1 aromatic carbocycles. The standard InChI is InChI=1S/C43H68N2O9/c1-10-29(4)39(44(6)41(50)34(28(2)3)24-33(47)26-43(27-46)19-15-20-43)37(52-7)25-38(49)45-21-14-18-35(45)40(53-8)30(5)36(48)23-32(42(51)54-9)22-31-16-12-11-13-17-31/h11-13,16-17,28-30,32,34-35,37,39-40,46H,10,14-15,18-27H2,1-9H3/t29-,30-,32+,34-,35-,37+,39-,40+/m0/s1. The second kappa shape index (κ2) is 21.2. The number of esters is 1. The molecule has 2 aliphatic rings. The number of aliphatic hydroxyl groups is 1. The van der Waals surface area contributed by atoms with Gasteiger partial charge in [0.25, 0.3) is 0 Å². The number of ether oxygens (including phenoxy) is 3. The number of hydrogen-bond acceptors (Lipinski definition) is 9. The van der Waals surface area contributed by atoms with Crippen LogP contribution in [0.25, 0.3) is 0 Å². The van der Waals surface area contributed by atoms with Gasteiger partial charge in [-0.2, -0.15) is 0 Å². The van der Waals surface area contributed by atoms with Crippen molar-refractivity contribution in [2.24, 2.45) is 35.0 Å². The molecule has 1 saturated carbocycles. The Morgan fingerprint density at radius 2 is 1.61 bits per heavy atom. The Bertz CT molecular complexity index is 1370. The molecule has 0 unspecified atom stereocenters. The fourth-order valence-corrected chi connectivity index (χ4v) is 8.75. The molecular weight excluding hydrogens is 688 g/mol. The highest BCUT2D eigenvalue weighted by Gasteiger charge is 2.44. The molecule has 1 aliphatic heterocycles. The second-order valence-electron chi connectivity index (χ2n) is 16.5. The summed E-state index contributed by atoms with van der Waals surface area (Å²) in [6.07, 6.45) is 4.45. The number of carbonyl (C=O) groups excluding carboxylic acids is 5. The molecular formula is C43H68N2O9. The SMILES string of the molecule is CC[C@H](C)[C@@H]([C@@H](CC(=O)N1CCC[C@H]1[C@H](OC)[C@@H](C)C(=O)C[C@@H](Cc1ccccc1)C(=O)OC)OC)N(C)C(=O)[C@@H](CC(=O)CC1(CO)CCC1)C(C)C. The van der Waals surface area contributed by atoms with Crippen molar-refractivity contribution in [1.29, 1.82) is 0 Å². The maximum atomic E-state index is 14.2. The van der Waals surface area contributed by atoms with Crippen LogP contribution in [0.2, 0.25) is 0 Å². The number of rotatable bonds is 23. The summed E-state index contributed by atoms with van der Waals surface area (Å²) < 4.78 is 17.0. The summed E-state index contributed by atoms with van der Waals surface area (Å²) in [5.41, 5.74) is 0.593. The van der Waals surface area contributed by atoms with E-state index in [0.29, 0.717) is 19.4 Å². The fourth-order valence-electron chi connectivity index (χ4n) is 8.75. The zero-order valence-corrected chi connectivity index (χ0v) is 34.4. The summed E-state index contributed by atoms with van der Waals surface area (Å²) >= 11 is 0. The first-order chi connectivity index (χ1) is 25.7. The van der Waals surface area contributed by atoms with Gasteiger partial charge in [0.15, 0.2) is 0 Å². The lowest BCUT2D eigenvalue weighted by Gasteiger charge is -2.41. The van der Waals surface area contributed by atoms with Crippen LogP contribution in [0.1, 0.15) is 104 Å². The van der Waals surface area contributed by atoms with Crippen molar-refractivity contribution in [3.8, 4) is 0 Å². The smallest absolute Gasteiger partial charge is 0.309 e. The maximum Gasteiger partial charge on any atom is 0.309 e. The molecule has 304 valence electrons. The third-order valence-corrected chi connectivity index (χ3v) is 12.6. The van der Waals surface area contributed by atoms with E-state index in [0.717, 1.165) is 37.7 Å². The molecule has 0 bridgehead atoms. The van der Waals surface area contributed by atoms with E-state index in [2.05, 4.69) is 0 Å². The largest absolute Gasteiger partial charge is 0.469 e. The van der Waals surface area contributed by atoms with Crippen LogP contribution in [0.15, 0.2) is 30.3 Å². The second-order valence-corrected chi connectivity index (χ2v) is 16.5. The van der Waals surface area contributed by atoms with Crippen LogP contribution in [0.4, 0.5) is 0 Å². The molecule has 1 N–H and O–H groups in total. The predicted molar refractivity (Wildman–Crippen MR) is 207 cm³/mol. The molecule has 8 atom stereocenters. The lowest BCUT2D eigenvalue weighted by molar-refractivity contribution is -0.150. The van der Waals surface area contributed by atoms with Crippen LogP contribution in [-0.4, -0.2) is 110 Å². The van der Waals surface area contributed by atoms with Crippen molar-refractivity contribution in [3.05, 3.63) is 35.9 Å². The lowest BCUT2D eigenvalue weighted by atomic mass is 9.66. The van der Waals surface area contributed by atoms with Crippen LogP contribution in [0, 0.1) is 35.0 Å². The van der Waals surface area contributed by atoms with E-state index in [1.165, 1.54) is 7.11 Å². The first-order valence-electron chi connectivity index (χ1n) is 20.1. The molecule has 0 spiro atoms. The quantitative estimate of drug-likeness (QED) is 0.140. The van der Waals surface area contributed by atoms with Gasteiger partial charge < -0.3 is 29.1 Å². The van der Waals surface area contributed by atoms with Crippen molar-refractivity contribution in [3.63, 3.8) is 0 Å². The van der Waals surface area contributed by atoms with Gasteiger partial charge in [-0.05, 0) is 49.5 Å². The first-order valence-corrected chi connectivity index (χ1v) is 20.1. The minimum atomic E-state index is -0.640. The third-order valence-electron chi connectivity index (χ3n) is 12.6. The molecule has 2 fully saturated rings.